The van der Waals surface area contributed by atoms with Crippen molar-refractivity contribution in [2.75, 3.05) is 5.32 Å². The second-order valence-electron chi connectivity index (χ2n) is 4.37. The number of aliphatic hydroxyl groups is 1. The van der Waals surface area contributed by atoms with Gasteiger partial charge in [0.05, 0.1) is 18.0 Å². The van der Waals surface area contributed by atoms with Gasteiger partial charge in [-0.15, -0.1) is 0 Å². The van der Waals surface area contributed by atoms with E-state index in [2.05, 4.69) is 26.3 Å². The summed E-state index contributed by atoms with van der Waals surface area (Å²) in [4.78, 5) is 11.9. The van der Waals surface area contributed by atoms with E-state index >= 15 is 0 Å². The molecule has 6 heteroatoms. The van der Waals surface area contributed by atoms with Crippen LogP contribution in [0.5, 0.6) is 0 Å². The van der Waals surface area contributed by atoms with Crippen molar-refractivity contribution in [1.29, 1.82) is 0 Å². The lowest BCUT2D eigenvalue weighted by molar-refractivity contribution is 0.0836. The van der Waals surface area contributed by atoms with Gasteiger partial charge in [0, 0.05) is 12.6 Å². The van der Waals surface area contributed by atoms with Gasteiger partial charge in [-0.3, -0.25) is 4.79 Å². The predicted octanol–water partition coefficient (Wildman–Crippen LogP) is 1.35. The summed E-state index contributed by atoms with van der Waals surface area (Å²) in [5, 5.41) is 16.5. The lowest BCUT2D eigenvalue weighted by Gasteiger charge is -2.32. The highest BCUT2D eigenvalue weighted by Crippen LogP contribution is 2.26. The fourth-order valence-corrected chi connectivity index (χ4v) is 2.28. The normalized spacial score (nSPS) is 23.2. The highest BCUT2D eigenvalue weighted by atomic mass is 79.9. The molecular weight excluding hydrogens is 286 g/mol. The minimum atomic E-state index is -0.209. The number of halogens is 1. The van der Waals surface area contributed by atoms with E-state index in [4.69, 9.17) is 0 Å². The highest BCUT2D eigenvalue weighted by molar-refractivity contribution is 9.10. The van der Waals surface area contributed by atoms with Crippen molar-refractivity contribution in [1.82, 2.24) is 9.78 Å². The largest absolute Gasteiger partial charge is 0.393 e. The minimum absolute atomic E-state index is 0.114. The summed E-state index contributed by atoms with van der Waals surface area (Å²) < 4.78 is 1.97. The van der Waals surface area contributed by atoms with Crippen LogP contribution < -0.4 is 10.9 Å². The molecule has 94 valence electrons. The van der Waals surface area contributed by atoms with E-state index in [0.717, 1.165) is 19.3 Å². The average molecular weight is 302 g/mol. The smallest absolute Gasteiger partial charge is 0.283 e. The van der Waals surface area contributed by atoms with Gasteiger partial charge in [-0.05, 0) is 35.2 Å². The van der Waals surface area contributed by atoms with E-state index < -0.39 is 0 Å². The molecule has 0 spiro atoms. The Morgan fingerprint density at radius 3 is 2.94 bits per heavy atom. The van der Waals surface area contributed by atoms with Crippen molar-refractivity contribution in [3.05, 3.63) is 21.0 Å². The summed E-state index contributed by atoms with van der Waals surface area (Å²) in [5.41, 5.74) is 0.593. The molecule has 1 aliphatic carbocycles. The molecule has 0 saturated heterocycles. The number of aliphatic hydroxyl groups excluding tert-OH is 1. The topological polar surface area (TPSA) is 67.2 Å². The van der Waals surface area contributed by atoms with Gasteiger partial charge in [0.25, 0.3) is 5.56 Å². The Labute approximate surface area is 108 Å². The zero-order chi connectivity index (χ0) is 12.4. The van der Waals surface area contributed by atoms with Crippen molar-refractivity contribution in [3.8, 4) is 0 Å². The third-order valence-corrected chi connectivity index (χ3v) is 3.66. The van der Waals surface area contributed by atoms with Crippen LogP contribution in [0.3, 0.4) is 0 Å². The van der Waals surface area contributed by atoms with Gasteiger partial charge in [-0.2, -0.15) is 5.10 Å². The SMILES string of the molecule is CCCn1ncc(NC2CC(O)C2)c(Br)c1=O. The van der Waals surface area contributed by atoms with E-state index in [1.165, 1.54) is 4.68 Å². The van der Waals surface area contributed by atoms with E-state index in [9.17, 15) is 9.90 Å². The van der Waals surface area contributed by atoms with Gasteiger partial charge < -0.3 is 10.4 Å². The first-order valence-electron chi connectivity index (χ1n) is 5.82. The first-order valence-corrected chi connectivity index (χ1v) is 6.61. The molecule has 2 rings (SSSR count). The zero-order valence-electron chi connectivity index (χ0n) is 9.69. The summed E-state index contributed by atoms with van der Waals surface area (Å²) in [5.74, 6) is 0. The van der Waals surface area contributed by atoms with Crippen LogP contribution in [-0.2, 0) is 6.54 Å². The Hall–Kier alpha value is -0.880. The molecule has 1 heterocycles. The fraction of sp³-hybridized carbons (Fsp3) is 0.636. The molecule has 0 amide bonds. The fourth-order valence-electron chi connectivity index (χ4n) is 1.86. The van der Waals surface area contributed by atoms with Crippen LogP contribution in [0, 0.1) is 0 Å². The molecule has 0 bridgehead atoms. The minimum Gasteiger partial charge on any atom is -0.393 e. The lowest BCUT2D eigenvalue weighted by atomic mass is 9.89. The number of anilines is 1. The van der Waals surface area contributed by atoms with Crippen LogP contribution in [0.1, 0.15) is 26.2 Å². The summed E-state index contributed by atoms with van der Waals surface area (Å²) in [6.45, 7) is 2.63. The Kier molecular flexibility index (Phi) is 3.83. The summed E-state index contributed by atoms with van der Waals surface area (Å²) in [6, 6.07) is 0.240. The van der Waals surface area contributed by atoms with Gasteiger partial charge >= 0.3 is 0 Å². The van der Waals surface area contributed by atoms with Crippen LogP contribution in [0.25, 0.3) is 0 Å². The summed E-state index contributed by atoms with van der Waals surface area (Å²) in [6.07, 6.45) is 3.78. The molecule has 0 aromatic carbocycles. The van der Waals surface area contributed by atoms with Gasteiger partial charge in [0.1, 0.15) is 4.47 Å². The second kappa shape index (κ2) is 5.18. The van der Waals surface area contributed by atoms with Crippen LogP contribution in [-0.4, -0.2) is 27.0 Å². The first kappa shape index (κ1) is 12.6. The molecule has 1 aromatic rings. The standard InChI is InChI=1S/C11H16BrN3O2/c1-2-3-15-11(17)10(12)9(6-13-15)14-7-4-8(16)5-7/h6-8,14,16H,2-5H2,1H3. The van der Waals surface area contributed by atoms with Gasteiger partial charge in [0.15, 0.2) is 0 Å². The third-order valence-electron chi connectivity index (χ3n) is 2.89. The quantitative estimate of drug-likeness (QED) is 0.881. The van der Waals surface area contributed by atoms with Crippen LogP contribution in [0.2, 0.25) is 0 Å². The molecule has 1 fully saturated rings. The summed E-state index contributed by atoms with van der Waals surface area (Å²) in [7, 11) is 0. The van der Waals surface area contributed by atoms with Crippen LogP contribution in [0.4, 0.5) is 5.69 Å². The van der Waals surface area contributed by atoms with Crippen molar-refractivity contribution in [3.63, 3.8) is 0 Å². The first-order chi connectivity index (χ1) is 8.11. The molecule has 1 aromatic heterocycles. The molecule has 0 atom stereocenters. The molecule has 17 heavy (non-hydrogen) atoms. The van der Waals surface area contributed by atoms with Crippen molar-refractivity contribution in [2.45, 2.75) is 44.9 Å². The number of nitrogens with zero attached hydrogens (tertiary/aromatic N) is 2. The van der Waals surface area contributed by atoms with E-state index in [1.807, 2.05) is 6.92 Å². The number of hydrogen-bond acceptors (Lipinski definition) is 4. The zero-order valence-corrected chi connectivity index (χ0v) is 11.3. The van der Waals surface area contributed by atoms with Gasteiger partial charge in [-0.25, -0.2) is 4.68 Å². The highest BCUT2D eigenvalue weighted by Gasteiger charge is 2.27. The number of aromatic nitrogens is 2. The monoisotopic (exact) mass is 301 g/mol. The van der Waals surface area contributed by atoms with Gasteiger partial charge in [0.2, 0.25) is 0 Å². The predicted molar refractivity (Wildman–Crippen MR) is 69.1 cm³/mol. The Balaban J connectivity index is 2.13. The van der Waals surface area contributed by atoms with Gasteiger partial charge in [-0.1, -0.05) is 6.92 Å². The van der Waals surface area contributed by atoms with E-state index in [0.29, 0.717) is 16.7 Å². The van der Waals surface area contributed by atoms with Crippen LogP contribution in [0.15, 0.2) is 15.5 Å². The number of rotatable bonds is 4. The van der Waals surface area contributed by atoms with Crippen molar-refractivity contribution in [2.24, 2.45) is 0 Å². The average Bonchev–Trinajstić information content (AvgIpc) is 2.26. The maximum Gasteiger partial charge on any atom is 0.283 e. The summed E-state index contributed by atoms with van der Waals surface area (Å²) >= 11 is 3.30. The van der Waals surface area contributed by atoms with Crippen LogP contribution >= 0.6 is 15.9 Å². The number of aryl methyl sites for hydroxylation is 1. The maximum absolute atomic E-state index is 11.9. The maximum atomic E-state index is 11.9. The van der Waals surface area contributed by atoms with Crippen molar-refractivity contribution < 1.29 is 5.11 Å². The molecule has 5 nitrogen and oxygen atoms in total. The Bertz CT molecular complexity index is 455. The lowest BCUT2D eigenvalue weighted by Crippen LogP contribution is -2.39. The van der Waals surface area contributed by atoms with Crippen molar-refractivity contribution >= 4 is 21.6 Å². The molecule has 0 aliphatic heterocycles. The molecule has 1 saturated carbocycles. The van der Waals surface area contributed by atoms with E-state index in [-0.39, 0.29) is 17.7 Å². The number of nitrogens with one attached hydrogen (secondary N) is 1. The van der Waals surface area contributed by atoms with E-state index in [1.54, 1.807) is 6.20 Å². The molecule has 2 N–H and O–H groups in total. The molecule has 0 radical (unpaired) electrons. The molecule has 0 unspecified atom stereocenters. The third kappa shape index (κ3) is 2.69. The Morgan fingerprint density at radius 1 is 1.65 bits per heavy atom. The second-order valence-corrected chi connectivity index (χ2v) is 5.16. The number of hydrogen-bond donors (Lipinski definition) is 2. The molecular formula is C11H16BrN3O2. The Morgan fingerprint density at radius 2 is 2.35 bits per heavy atom. The molecule has 1 aliphatic rings.